The second kappa shape index (κ2) is 7.14. The number of carbonyl (C=O) groups is 1. The molecule has 1 rings (SSSR count). The van der Waals surface area contributed by atoms with Gasteiger partial charge in [-0.25, -0.2) is 0 Å². The summed E-state index contributed by atoms with van der Waals surface area (Å²) < 4.78 is 0. The van der Waals surface area contributed by atoms with Crippen molar-refractivity contribution in [3.05, 3.63) is 23.8 Å². The van der Waals surface area contributed by atoms with Crippen LogP contribution in [0.15, 0.2) is 18.2 Å². The van der Waals surface area contributed by atoms with Crippen LogP contribution in [-0.4, -0.2) is 29.7 Å². The van der Waals surface area contributed by atoms with Crippen LogP contribution in [-0.2, 0) is 0 Å². The Morgan fingerprint density at radius 2 is 2.10 bits per heavy atom. The summed E-state index contributed by atoms with van der Waals surface area (Å²) >= 11 is 0. The highest BCUT2D eigenvalue weighted by Crippen LogP contribution is 2.27. The number of nitrogens with two attached hydrogens (primary N) is 1. The van der Waals surface area contributed by atoms with E-state index in [2.05, 4.69) is 17.6 Å². The molecule has 0 bridgehead atoms. The number of carbonyl (C=O) groups excluding carboxylic acids is 1. The lowest BCUT2D eigenvalue weighted by Gasteiger charge is -2.31. The zero-order valence-electron chi connectivity index (χ0n) is 12.5. The Labute approximate surface area is 120 Å². The van der Waals surface area contributed by atoms with Crippen molar-refractivity contribution in [3.63, 3.8) is 0 Å². The highest BCUT2D eigenvalue weighted by molar-refractivity contribution is 5.96. The van der Waals surface area contributed by atoms with Gasteiger partial charge >= 0.3 is 0 Å². The first-order valence-electron chi connectivity index (χ1n) is 7.02. The van der Waals surface area contributed by atoms with Gasteiger partial charge < -0.3 is 21.5 Å². The number of aliphatic hydroxyl groups excluding tert-OH is 1. The second-order valence-electron chi connectivity index (χ2n) is 5.17. The van der Waals surface area contributed by atoms with E-state index < -0.39 is 0 Å². The van der Waals surface area contributed by atoms with Crippen molar-refractivity contribution in [2.75, 3.05) is 24.2 Å². The quantitative estimate of drug-likeness (QED) is 0.575. The van der Waals surface area contributed by atoms with E-state index in [-0.39, 0.29) is 18.1 Å². The fourth-order valence-electron chi connectivity index (χ4n) is 1.98. The smallest absolute Gasteiger partial charge is 0.251 e. The van der Waals surface area contributed by atoms with Crippen LogP contribution in [0.3, 0.4) is 0 Å². The first-order valence-corrected chi connectivity index (χ1v) is 7.02. The summed E-state index contributed by atoms with van der Waals surface area (Å²) in [4.78, 5) is 11.7. The average Bonchev–Trinajstić information content (AvgIpc) is 2.41. The molecule has 112 valence electrons. The van der Waals surface area contributed by atoms with E-state index >= 15 is 0 Å². The lowest BCUT2D eigenvalue weighted by atomic mass is 9.94. The average molecular weight is 279 g/mol. The number of hydrogen-bond acceptors (Lipinski definition) is 4. The van der Waals surface area contributed by atoms with E-state index in [9.17, 15) is 4.79 Å². The van der Waals surface area contributed by atoms with Gasteiger partial charge in [-0.15, -0.1) is 0 Å². The minimum Gasteiger partial charge on any atom is -0.397 e. The van der Waals surface area contributed by atoms with Gasteiger partial charge in [-0.05, 0) is 44.9 Å². The molecule has 0 aliphatic heterocycles. The molecule has 0 spiro atoms. The maximum Gasteiger partial charge on any atom is 0.251 e. The van der Waals surface area contributed by atoms with Crippen LogP contribution in [0.25, 0.3) is 0 Å². The van der Waals surface area contributed by atoms with Crippen LogP contribution >= 0.6 is 0 Å². The summed E-state index contributed by atoms with van der Waals surface area (Å²) in [5.74, 6) is -0.126. The lowest BCUT2D eigenvalue weighted by molar-refractivity contribution is 0.0956. The molecule has 0 radical (unpaired) electrons. The summed E-state index contributed by atoms with van der Waals surface area (Å²) in [6.07, 6.45) is 1.51. The van der Waals surface area contributed by atoms with Gasteiger partial charge in [0.25, 0.3) is 5.91 Å². The molecule has 1 aromatic carbocycles. The first kappa shape index (κ1) is 16.3. The van der Waals surface area contributed by atoms with Gasteiger partial charge in [-0.2, -0.15) is 0 Å². The number of rotatable bonds is 7. The molecule has 1 amide bonds. The number of hydrogen-bond donors (Lipinski definition) is 4. The Morgan fingerprint density at radius 1 is 1.40 bits per heavy atom. The second-order valence-corrected chi connectivity index (χ2v) is 5.17. The first-order chi connectivity index (χ1) is 9.45. The Balaban J connectivity index is 2.90. The third-order valence-corrected chi connectivity index (χ3v) is 3.53. The number of benzene rings is 1. The van der Waals surface area contributed by atoms with Crippen molar-refractivity contribution in [1.29, 1.82) is 0 Å². The Morgan fingerprint density at radius 3 is 2.60 bits per heavy atom. The highest BCUT2D eigenvalue weighted by Gasteiger charge is 2.22. The third-order valence-electron chi connectivity index (χ3n) is 3.53. The molecule has 5 nitrogen and oxygen atoms in total. The maximum absolute atomic E-state index is 11.7. The number of aliphatic hydroxyl groups is 1. The zero-order chi connectivity index (χ0) is 15.2. The minimum atomic E-state index is -0.212. The van der Waals surface area contributed by atoms with Crippen molar-refractivity contribution in [2.24, 2.45) is 0 Å². The van der Waals surface area contributed by atoms with Crippen LogP contribution < -0.4 is 16.4 Å². The predicted molar refractivity (Wildman–Crippen MR) is 82.9 cm³/mol. The van der Waals surface area contributed by atoms with Gasteiger partial charge in [-0.3, -0.25) is 4.79 Å². The zero-order valence-corrected chi connectivity index (χ0v) is 12.5. The number of nitrogens with one attached hydrogen (secondary N) is 2. The number of amides is 1. The van der Waals surface area contributed by atoms with Gasteiger partial charge in [0.2, 0.25) is 0 Å². The molecule has 0 heterocycles. The summed E-state index contributed by atoms with van der Waals surface area (Å²) in [5, 5.41) is 15.2. The molecule has 5 N–H and O–H groups in total. The molecule has 20 heavy (non-hydrogen) atoms. The van der Waals surface area contributed by atoms with E-state index in [1.807, 2.05) is 19.9 Å². The van der Waals surface area contributed by atoms with E-state index in [4.69, 9.17) is 10.8 Å². The van der Waals surface area contributed by atoms with E-state index in [0.717, 1.165) is 12.1 Å². The van der Waals surface area contributed by atoms with Gasteiger partial charge in [0.1, 0.15) is 0 Å². The van der Waals surface area contributed by atoms with Crippen molar-refractivity contribution >= 4 is 17.3 Å². The van der Waals surface area contributed by atoms with Crippen LogP contribution in [0.1, 0.15) is 44.0 Å². The molecule has 1 atom stereocenters. The molecule has 5 heteroatoms. The largest absolute Gasteiger partial charge is 0.397 e. The fraction of sp³-hybridized carbons (Fsp3) is 0.533. The Bertz CT molecular complexity index is 462. The highest BCUT2D eigenvalue weighted by atomic mass is 16.3. The van der Waals surface area contributed by atoms with Gasteiger partial charge in [0.05, 0.1) is 11.4 Å². The predicted octanol–water partition coefficient (Wildman–Crippen LogP) is 1.98. The van der Waals surface area contributed by atoms with Gasteiger partial charge in [0.15, 0.2) is 0 Å². The van der Waals surface area contributed by atoms with Crippen LogP contribution in [0, 0.1) is 0 Å². The van der Waals surface area contributed by atoms with Crippen molar-refractivity contribution < 1.29 is 9.90 Å². The molecule has 1 aromatic rings. The molecule has 0 fully saturated rings. The molecule has 0 aromatic heterocycles. The van der Waals surface area contributed by atoms with E-state index in [1.54, 1.807) is 12.1 Å². The van der Waals surface area contributed by atoms with Crippen LogP contribution in [0.2, 0.25) is 0 Å². The number of nitrogen functional groups attached to an aromatic ring is 1. The Hall–Kier alpha value is -1.75. The van der Waals surface area contributed by atoms with Crippen molar-refractivity contribution in [2.45, 2.75) is 39.2 Å². The van der Waals surface area contributed by atoms with Gasteiger partial charge in [-0.1, -0.05) is 6.92 Å². The van der Waals surface area contributed by atoms with Crippen LogP contribution in [0.5, 0.6) is 0 Å². The normalized spacial score (nSPS) is 13.6. The SMILES string of the molecule is CCNC(=O)c1ccc(NC(C)(CC)CCO)c(N)c1. The summed E-state index contributed by atoms with van der Waals surface area (Å²) in [7, 11) is 0. The van der Waals surface area contributed by atoms with Crippen molar-refractivity contribution in [3.8, 4) is 0 Å². The number of anilines is 2. The van der Waals surface area contributed by atoms with Crippen LogP contribution in [0.4, 0.5) is 11.4 Å². The Kier molecular flexibility index (Phi) is 5.82. The third kappa shape index (κ3) is 4.13. The molecule has 0 aliphatic carbocycles. The monoisotopic (exact) mass is 279 g/mol. The maximum atomic E-state index is 11.7. The minimum absolute atomic E-state index is 0.119. The fourth-order valence-corrected chi connectivity index (χ4v) is 1.98. The van der Waals surface area contributed by atoms with Crippen molar-refractivity contribution in [1.82, 2.24) is 5.32 Å². The summed E-state index contributed by atoms with van der Waals surface area (Å²) in [5.41, 5.74) is 7.67. The topological polar surface area (TPSA) is 87.4 Å². The lowest BCUT2D eigenvalue weighted by Crippen LogP contribution is -2.35. The standard InChI is InChI=1S/C15H25N3O2/c1-4-15(3,8-9-19)18-13-7-6-11(10-12(13)16)14(20)17-5-2/h6-7,10,18-19H,4-5,8-9,16H2,1-3H3,(H,17,20). The molecule has 1 unspecified atom stereocenters. The van der Waals surface area contributed by atoms with E-state index in [0.29, 0.717) is 24.2 Å². The summed E-state index contributed by atoms with van der Waals surface area (Å²) in [6, 6.07) is 5.23. The summed E-state index contributed by atoms with van der Waals surface area (Å²) in [6.45, 7) is 6.68. The molecular weight excluding hydrogens is 254 g/mol. The van der Waals surface area contributed by atoms with E-state index in [1.165, 1.54) is 0 Å². The molecular formula is C15H25N3O2. The molecule has 0 saturated carbocycles. The molecule has 0 aliphatic rings. The van der Waals surface area contributed by atoms with Gasteiger partial charge in [0, 0.05) is 24.3 Å². The molecule has 0 saturated heterocycles.